The van der Waals surface area contributed by atoms with Crippen molar-refractivity contribution in [3.05, 3.63) is 33.4 Å². The van der Waals surface area contributed by atoms with Crippen LogP contribution in [0.3, 0.4) is 0 Å². The van der Waals surface area contributed by atoms with Crippen molar-refractivity contribution in [3.63, 3.8) is 0 Å². The average Bonchev–Trinajstić information content (AvgIpc) is 2.36. The van der Waals surface area contributed by atoms with Crippen molar-refractivity contribution < 1.29 is 4.79 Å². The number of carbonyl (C=O) groups is 1. The van der Waals surface area contributed by atoms with Gasteiger partial charge >= 0.3 is 0 Å². The van der Waals surface area contributed by atoms with Gasteiger partial charge in [0, 0.05) is 15.7 Å². The Morgan fingerprint density at radius 3 is 2.61 bits per heavy atom. The summed E-state index contributed by atoms with van der Waals surface area (Å²) in [5.41, 5.74) is 6.91. The second kappa shape index (κ2) is 7.09. The highest BCUT2D eigenvalue weighted by Gasteiger charge is 2.20. The summed E-state index contributed by atoms with van der Waals surface area (Å²) in [5, 5.41) is 2.93. The molecule has 3 nitrogen and oxygen atoms in total. The van der Waals surface area contributed by atoms with Crippen LogP contribution in [0, 0.1) is 3.57 Å². The number of halogens is 1. The zero-order valence-corrected chi connectivity index (χ0v) is 13.2. The molecular formula is C14H21IN2O. The summed E-state index contributed by atoms with van der Waals surface area (Å²) in [4.78, 5) is 11.8. The number of hydrogen-bond donors (Lipinski definition) is 2. The van der Waals surface area contributed by atoms with E-state index in [0.717, 1.165) is 22.0 Å². The van der Waals surface area contributed by atoms with Gasteiger partial charge < -0.3 is 11.1 Å². The van der Waals surface area contributed by atoms with E-state index in [2.05, 4.69) is 41.8 Å². The van der Waals surface area contributed by atoms with E-state index in [-0.39, 0.29) is 11.4 Å². The molecule has 0 saturated carbocycles. The first kappa shape index (κ1) is 15.4. The van der Waals surface area contributed by atoms with Crippen LogP contribution in [0.25, 0.3) is 0 Å². The maximum atomic E-state index is 11.8. The highest BCUT2D eigenvalue weighted by molar-refractivity contribution is 14.1. The molecule has 0 aliphatic carbocycles. The Labute approximate surface area is 123 Å². The lowest BCUT2D eigenvalue weighted by Gasteiger charge is -2.26. The Morgan fingerprint density at radius 2 is 2.06 bits per heavy atom. The highest BCUT2D eigenvalue weighted by atomic mass is 127. The number of nitrogens with two attached hydrogens (primary N) is 1. The summed E-state index contributed by atoms with van der Waals surface area (Å²) < 4.78 is 1.15. The van der Waals surface area contributed by atoms with Gasteiger partial charge in [-0.25, -0.2) is 0 Å². The number of benzene rings is 1. The van der Waals surface area contributed by atoms with Crippen LogP contribution in [0.2, 0.25) is 0 Å². The zero-order chi connectivity index (χ0) is 13.6. The maximum absolute atomic E-state index is 11.8. The van der Waals surface area contributed by atoms with E-state index in [4.69, 9.17) is 5.73 Å². The largest absolute Gasteiger partial charge is 0.354 e. The molecule has 0 radical (unpaired) electrons. The van der Waals surface area contributed by atoms with E-state index in [1.54, 1.807) is 0 Å². The zero-order valence-electron chi connectivity index (χ0n) is 11.0. The molecular weight excluding hydrogens is 339 g/mol. The molecule has 0 aliphatic heterocycles. The first-order valence-electron chi connectivity index (χ1n) is 6.29. The molecule has 100 valence electrons. The number of amides is 1. The lowest BCUT2D eigenvalue weighted by atomic mass is 9.94. The lowest BCUT2D eigenvalue weighted by molar-refractivity contribution is -0.120. The first-order valence-corrected chi connectivity index (χ1v) is 7.37. The van der Waals surface area contributed by atoms with E-state index >= 15 is 0 Å². The van der Waals surface area contributed by atoms with Crippen LogP contribution in [-0.2, 0) is 11.2 Å². The van der Waals surface area contributed by atoms with Gasteiger partial charge in [0.15, 0.2) is 0 Å². The number of rotatable bonds is 6. The van der Waals surface area contributed by atoms with E-state index in [9.17, 15) is 4.79 Å². The average molecular weight is 360 g/mol. The third kappa shape index (κ3) is 4.94. The van der Waals surface area contributed by atoms with E-state index in [1.807, 2.05) is 24.3 Å². The van der Waals surface area contributed by atoms with Gasteiger partial charge in [-0.3, -0.25) is 4.79 Å². The Kier molecular flexibility index (Phi) is 6.08. The normalized spacial score (nSPS) is 11.3. The van der Waals surface area contributed by atoms with Crippen molar-refractivity contribution >= 4 is 28.5 Å². The van der Waals surface area contributed by atoms with Crippen molar-refractivity contribution in [3.8, 4) is 0 Å². The molecule has 0 aliphatic rings. The maximum Gasteiger partial charge on any atom is 0.224 e. The van der Waals surface area contributed by atoms with Gasteiger partial charge in [-0.2, -0.15) is 0 Å². The van der Waals surface area contributed by atoms with Crippen LogP contribution in [0.15, 0.2) is 24.3 Å². The topological polar surface area (TPSA) is 55.1 Å². The minimum Gasteiger partial charge on any atom is -0.354 e. The van der Waals surface area contributed by atoms with Gasteiger partial charge in [0.2, 0.25) is 5.91 Å². The molecule has 0 atom stereocenters. The van der Waals surface area contributed by atoms with Gasteiger partial charge in [0.05, 0.1) is 6.42 Å². The Morgan fingerprint density at radius 1 is 1.39 bits per heavy atom. The highest BCUT2D eigenvalue weighted by Crippen LogP contribution is 2.10. The molecule has 0 unspecified atom stereocenters. The minimum absolute atomic E-state index is 0.0359. The fourth-order valence-electron chi connectivity index (χ4n) is 1.67. The predicted octanol–water partition coefficient (Wildman–Crippen LogP) is 2.47. The summed E-state index contributed by atoms with van der Waals surface area (Å²) in [6, 6.07) is 7.98. The van der Waals surface area contributed by atoms with Crippen molar-refractivity contribution in [2.45, 2.75) is 38.6 Å². The van der Waals surface area contributed by atoms with Gasteiger partial charge in [-0.05, 0) is 53.1 Å². The molecule has 18 heavy (non-hydrogen) atoms. The molecule has 3 N–H and O–H groups in total. The second-order valence-corrected chi connectivity index (χ2v) is 5.90. The number of hydrogen-bond acceptors (Lipinski definition) is 2. The second-order valence-electron chi connectivity index (χ2n) is 4.65. The molecule has 1 aromatic carbocycles. The van der Waals surface area contributed by atoms with Crippen molar-refractivity contribution in [1.29, 1.82) is 0 Å². The fraction of sp³-hybridized carbons (Fsp3) is 0.500. The van der Waals surface area contributed by atoms with Crippen molar-refractivity contribution in [1.82, 2.24) is 5.32 Å². The van der Waals surface area contributed by atoms with Gasteiger partial charge in [-0.1, -0.05) is 26.0 Å². The molecule has 4 heteroatoms. The Hall–Kier alpha value is -0.620. The van der Waals surface area contributed by atoms with Gasteiger partial charge in [-0.15, -0.1) is 0 Å². The summed E-state index contributed by atoms with van der Waals surface area (Å²) in [6.07, 6.45) is 2.15. The van der Waals surface area contributed by atoms with E-state index in [0.29, 0.717) is 13.0 Å². The summed E-state index contributed by atoms with van der Waals surface area (Å²) in [5.74, 6) is 0.0359. The van der Waals surface area contributed by atoms with Crippen LogP contribution in [0.4, 0.5) is 0 Å². The Bertz CT molecular complexity index is 403. The quantitative estimate of drug-likeness (QED) is 0.766. The third-order valence-electron chi connectivity index (χ3n) is 3.30. The first-order chi connectivity index (χ1) is 8.49. The fourth-order valence-corrected chi connectivity index (χ4v) is 2.28. The van der Waals surface area contributed by atoms with Crippen LogP contribution >= 0.6 is 22.6 Å². The van der Waals surface area contributed by atoms with Crippen LogP contribution in [0.5, 0.6) is 0 Å². The SMILES string of the molecule is CCC(N)(CC)CNC(=O)Cc1cccc(I)c1. The van der Waals surface area contributed by atoms with Gasteiger partial charge in [0.25, 0.3) is 0 Å². The smallest absolute Gasteiger partial charge is 0.224 e. The lowest BCUT2D eigenvalue weighted by Crippen LogP contribution is -2.49. The Balaban J connectivity index is 2.47. The molecule has 1 aromatic rings. The molecule has 0 aromatic heterocycles. The minimum atomic E-state index is -0.277. The monoisotopic (exact) mass is 360 g/mol. The molecule has 0 fully saturated rings. The summed E-state index contributed by atoms with van der Waals surface area (Å²) >= 11 is 2.25. The molecule has 1 amide bonds. The predicted molar refractivity (Wildman–Crippen MR) is 83.4 cm³/mol. The van der Waals surface area contributed by atoms with E-state index < -0.39 is 0 Å². The van der Waals surface area contributed by atoms with Crippen molar-refractivity contribution in [2.24, 2.45) is 5.73 Å². The molecule has 0 saturated heterocycles. The summed E-state index contributed by atoms with van der Waals surface area (Å²) in [7, 11) is 0. The molecule has 0 bridgehead atoms. The van der Waals surface area contributed by atoms with Crippen LogP contribution in [0.1, 0.15) is 32.3 Å². The van der Waals surface area contributed by atoms with Crippen LogP contribution in [-0.4, -0.2) is 18.0 Å². The third-order valence-corrected chi connectivity index (χ3v) is 3.97. The summed E-state index contributed by atoms with van der Waals surface area (Å²) in [6.45, 7) is 4.65. The molecule has 0 heterocycles. The molecule has 1 rings (SSSR count). The standard InChI is InChI=1S/C14H21IN2O/c1-3-14(16,4-2)10-17-13(18)9-11-6-5-7-12(15)8-11/h5-8H,3-4,9-10,16H2,1-2H3,(H,17,18). The van der Waals surface area contributed by atoms with Gasteiger partial charge in [0.1, 0.15) is 0 Å². The molecule has 0 spiro atoms. The number of carbonyl (C=O) groups excluding carboxylic acids is 1. The van der Waals surface area contributed by atoms with Crippen molar-refractivity contribution in [2.75, 3.05) is 6.54 Å². The van der Waals surface area contributed by atoms with E-state index in [1.165, 1.54) is 0 Å². The number of nitrogens with one attached hydrogen (secondary N) is 1. The van der Waals surface area contributed by atoms with Crippen LogP contribution < -0.4 is 11.1 Å².